The fourth-order valence-corrected chi connectivity index (χ4v) is 3.51. The van der Waals surface area contributed by atoms with Gasteiger partial charge in [-0.1, -0.05) is 101 Å². The van der Waals surface area contributed by atoms with Gasteiger partial charge < -0.3 is 4.57 Å². The van der Waals surface area contributed by atoms with E-state index in [9.17, 15) is 4.79 Å². The third-order valence-electron chi connectivity index (χ3n) is 5.71. The second kappa shape index (κ2) is 20.1. The number of rotatable bonds is 9. The first-order chi connectivity index (χ1) is 15.3. The zero-order valence-corrected chi connectivity index (χ0v) is 23.5. The van der Waals surface area contributed by atoms with E-state index in [1.807, 2.05) is 26.0 Å². The van der Waals surface area contributed by atoms with Crippen LogP contribution in [0.3, 0.4) is 0 Å². The minimum absolute atomic E-state index is 0.689. The molecule has 2 rings (SSSR count). The molecule has 0 saturated heterocycles. The number of carbonyl (C=O) groups excluding carboxylic acids is 1. The van der Waals surface area contributed by atoms with Crippen LogP contribution >= 0.6 is 0 Å². The molecule has 0 N–H and O–H groups in total. The summed E-state index contributed by atoms with van der Waals surface area (Å²) in [4.78, 5) is 10.9. The summed E-state index contributed by atoms with van der Waals surface area (Å²) in [5, 5.41) is 1.22. The lowest BCUT2D eigenvalue weighted by Crippen LogP contribution is -2.09. The zero-order valence-electron chi connectivity index (χ0n) is 23.5. The summed E-state index contributed by atoms with van der Waals surface area (Å²) in [6, 6.07) is 6.02. The molecule has 1 unspecified atom stereocenters. The first-order valence-corrected chi connectivity index (χ1v) is 13.3. The van der Waals surface area contributed by atoms with Gasteiger partial charge in [-0.25, -0.2) is 0 Å². The van der Waals surface area contributed by atoms with Crippen LogP contribution in [-0.2, 0) is 6.54 Å². The molecule has 1 heterocycles. The van der Waals surface area contributed by atoms with E-state index in [0.29, 0.717) is 5.92 Å². The molecule has 1 aromatic heterocycles. The van der Waals surface area contributed by atoms with Gasteiger partial charge in [0.2, 0.25) is 0 Å². The van der Waals surface area contributed by atoms with E-state index in [1.165, 1.54) is 67.1 Å². The molecule has 0 spiro atoms. The second-order valence-corrected chi connectivity index (χ2v) is 9.15. The highest BCUT2D eigenvalue weighted by Crippen LogP contribution is 2.27. The standard InChI is InChI=1S/C18H25NO.C6H14.C4H10.C2H6/c1-5-6-7-13(2)11-19-15(4)14(3)17-10-16(12-20)8-9-18(17)19;1-4-5-6(2)3;1-3-4-2;1-2/h8-10,12-13H,5-7,11H2,1-4H3;6H,4-5H2,1-3H3;3-4H2,1-2H3;1-2H3. The van der Waals surface area contributed by atoms with Gasteiger partial charge in [-0.2, -0.15) is 0 Å². The molecule has 2 heteroatoms. The minimum Gasteiger partial charge on any atom is -0.344 e. The number of fused-ring (bicyclic) bond motifs is 1. The Bertz CT molecular complexity index is 709. The molecule has 0 radical (unpaired) electrons. The summed E-state index contributed by atoms with van der Waals surface area (Å²) in [7, 11) is 0. The van der Waals surface area contributed by atoms with Crippen LogP contribution in [0.1, 0.15) is 129 Å². The van der Waals surface area contributed by atoms with Crippen LogP contribution in [0, 0.1) is 25.7 Å². The SMILES string of the molecule is CC.CCCC.CCCC(C)C.CCCCC(C)Cn1c(C)c(C)c2cc(C=O)ccc21. The van der Waals surface area contributed by atoms with Crippen molar-refractivity contribution < 1.29 is 4.79 Å². The lowest BCUT2D eigenvalue weighted by Gasteiger charge is -2.15. The van der Waals surface area contributed by atoms with Crippen LogP contribution in [0.15, 0.2) is 18.2 Å². The zero-order chi connectivity index (χ0) is 25.1. The number of nitrogens with zero attached hydrogens (tertiary/aromatic N) is 1. The Hall–Kier alpha value is -1.57. The van der Waals surface area contributed by atoms with Crippen molar-refractivity contribution in [2.45, 2.75) is 128 Å². The molecule has 0 amide bonds. The number of hydrogen-bond donors (Lipinski definition) is 0. The van der Waals surface area contributed by atoms with Crippen molar-refractivity contribution >= 4 is 17.2 Å². The van der Waals surface area contributed by atoms with Crippen molar-refractivity contribution in [3.05, 3.63) is 35.0 Å². The van der Waals surface area contributed by atoms with Crippen LogP contribution in [0.2, 0.25) is 0 Å². The monoisotopic (exact) mass is 445 g/mol. The van der Waals surface area contributed by atoms with Crippen LogP contribution in [0.5, 0.6) is 0 Å². The summed E-state index contributed by atoms with van der Waals surface area (Å²) in [6.45, 7) is 25.1. The third kappa shape index (κ3) is 12.5. The number of aromatic nitrogens is 1. The molecule has 186 valence electrons. The van der Waals surface area contributed by atoms with Crippen molar-refractivity contribution in [2.75, 3.05) is 0 Å². The van der Waals surface area contributed by atoms with Crippen LogP contribution < -0.4 is 0 Å². The lowest BCUT2D eigenvalue weighted by molar-refractivity contribution is 0.112. The largest absolute Gasteiger partial charge is 0.344 e. The van der Waals surface area contributed by atoms with Gasteiger partial charge in [-0.3, -0.25) is 4.79 Å². The lowest BCUT2D eigenvalue weighted by atomic mass is 10.0. The van der Waals surface area contributed by atoms with Crippen molar-refractivity contribution in [1.29, 1.82) is 0 Å². The average Bonchev–Trinajstić information content (AvgIpc) is 3.03. The first-order valence-electron chi connectivity index (χ1n) is 13.3. The van der Waals surface area contributed by atoms with E-state index >= 15 is 0 Å². The number of carbonyl (C=O) groups is 1. The van der Waals surface area contributed by atoms with E-state index in [1.54, 1.807) is 0 Å². The molecule has 2 aromatic rings. The highest BCUT2D eigenvalue weighted by Gasteiger charge is 2.13. The van der Waals surface area contributed by atoms with Crippen molar-refractivity contribution in [3.63, 3.8) is 0 Å². The molecular formula is C30H55NO. The molecule has 32 heavy (non-hydrogen) atoms. The number of unbranched alkanes of at least 4 members (excludes halogenated alkanes) is 2. The maximum absolute atomic E-state index is 10.9. The predicted octanol–water partition coefficient (Wildman–Crippen LogP) is 10.2. The predicted molar refractivity (Wildman–Crippen MR) is 147 cm³/mol. The number of benzene rings is 1. The maximum atomic E-state index is 10.9. The molecule has 0 saturated carbocycles. The quantitative estimate of drug-likeness (QED) is 0.352. The molecule has 2 nitrogen and oxygen atoms in total. The van der Waals surface area contributed by atoms with Gasteiger partial charge in [0, 0.05) is 28.7 Å². The van der Waals surface area contributed by atoms with Crippen molar-refractivity contribution in [2.24, 2.45) is 11.8 Å². The van der Waals surface area contributed by atoms with Gasteiger partial charge in [0.1, 0.15) is 6.29 Å². The third-order valence-corrected chi connectivity index (χ3v) is 5.71. The minimum atomic E-state index is 0.689. The summed E-state index contributed by atoms with van der Waals surface area (Å²) < 4.78 is 2.42. The normalized spacial score (nSPS) is 11.0. The Balaban J connectivity index is 0. The molecule has 0 bridgehead atoms. The Labute approximate surface area is 201 Å². The van der Waals surface area contributed by atoms with E-state index in [0.717, 1.165) is 24.3 Å². The molecular weight excluding hydrogens is 390 g/mol. The van der Waals surface area contributed by atoms with Gasteiger partial charge in [0.15, 0.2) is 0 Å². The van der Waals surface area contributed by atoms with Gasteiger partial charge >= 0.3 is 0 Å². The molecule has 0 aliphatic rings. The van der Waals surface area contributed by atoms with E-state index < -0.39 is 0 Å². The molecule has 0 fully saturated rings. The molecule has 0 aliphatic carbocycles. The number of aryl methyl sites for hydroxylation is 1. The second-order valence-electron chi connectivity index (χ2n) is 9.15. The van der Waals surface area contributed by atoms with E-state index in [-0.39, 0.29) is 0 Å². The topological polar surface area (TPSA) is 22.0 Å². The number of hydrogen-bond acceptors (Lipinski definition) is 1. The maximum Gasteiger partial charge on any atom is 0.150 e. The first kappa shape index (κ1) is 32.6. The van der Waals surface area contributed by atoms with E-state index in [4.69, 9.17) is 0 Å². The summed E-state index contributed by atoms with van der Waals surface area (Å²) in [5.74, 6) is 1.59. The fourth-order valence-electron chi connectivity index (χ4n) is 3.51. The summed E-state index contributed by atoms with van der Waals surface area (Å²) in [5.41, 5.74) is 4.64. The Morgan fingerprint density at radius 3 is 1.88 bits per heavy atom. The van der Waals surface area contributed by atoms with Crippen LogP contribution in [0.25, 0.3) is 10.9 Å². The van der Waals surface area contributed by atoms with Gasteiger partial charge in [0.25, 0.3) is 0 Å². The average molecular weight is 446 g/mol. The van der Waals surface area contributed by atoms with Crippen molar-refractivity contribution in [1.82, 2.24) is 4.57 Å². The Kier molecular flexibility index (Phi) is 20.4. The van der Waals surface area contributed by atoms with Crippen LogP contribution in [-0.4, -0.2) is 10.9 Å². The molecule has 1 aromatic carbocycles. The van der Waals surface area contributed by atoms with E-state index in [2.05, 4.69) is 72.9 Å². The summed E-state index contributed by atoms with van der Waals surface area (Å²) in [6.07, 6.45) is 10.1. The van der Waals surface area contributed by atoms with Crippen molar-refractivity contribution in [3.8, 4) is 0 Å². The molecule has 1 atom stereocenters. The highest BCUT2D eigenvalue weighted by molar-refractivity contribution is 5.90. The Morgan fingerprint density at radius 2 is 1.47 bits per heavy atom. The van der Waals surface area contributed by atoms with Gasteiger partial charge in [0.05, 0.1) is 0 Å². The summed E-state index contributed by atoms with van der Waals surface area (Å²) >= 11 is 0. The molecule has 0 aliphatic heterocycles. The fraction of sp³-hybridized carbons (Fsp3) is 0.700. The highest BCUT2D eigenvalue weighted by atomic mass is 16.1. The van der Waals surface area contributed by atoms with Gasteiger partial charge in [-0.05, 0) is 55.9 Å². The number of aldehydes is 1. The Morgan fingerprint density at radius 1 is 0.875 bits per heavy atom. The van der Waals surface area contributed by atoms with Gasteiger partial charge in [-0.15, -0.1) is 0 Å². The smallest absolute Gasteiger partial charge is 0.150 e. The van der Waals surface area contributed by atoms with Crippen LogP contribution in [0.4, 0.5) is 0 Å².